The summed E-state index contributed by atoms with van der Waals surface area (Å²) in [5, 5.41) is 3.66. The molecule has 1 rings (SSSR count). The quantitative estimate of drug-likeness (QED) is 0.280. The Morgan fingerprint density at radius 1 is 0.655 bits per heavy atom. The van der Waals surface area contributed by atoms with Crippen molar-refractivity contribution in [2.75, 3.05) is 26.3 Å². The van der Waals surface area contributed by atoms with Crippen molar-refractivity contribution >= 4 is 5.84 Å². The fourth-order valence-corrected chi connectivity index (χ4v) is 4.12. The van der Waals surface area contributed by atoms with Gasteiger partial charge in [-0.2, -0.15) is 0 Å². The normalized spacial score (nSPS) is 16.7. The van der Waals surface area contributed by atoms with E-state index in [2.05, 4.69) is 12.2 Å². The molecule has 0 saturated heterocycles. The molecule has 0 spiro atoms. The monoisotopic (exact) mass is 408 g/mol. The van der Waals surface area contributed by atoms with Gasteiger partial charge >= 0.3 is 0 Å². The van der Waals surface area contributed by atoms with Gasteiger partial charge in [-0.1, -0.05) is 96.8 Å². The number of amidine groups is 1. The van der Waals surface area contributed by atoms with Crippen molar-refractivity contribution in [1.29, 1.82) is 0 Å². The lowest BCUT2D eigenvalue weighted by atomic mass is 10.1. The lowest BCUT2D eigenvalue weighted by Crippen LogP contribution is -2.25. The van der Waals surface area contributed by atoms with Crippen molar-refractivity contribution in [1.82, 2.24) is 5.32 Å². The smallest absolute Gasteiger partial charge is 0.0963 e. The van der Waals surface area contributed by atoms with E-state index in [4.69, 9.17) is 9.73 Å². The Kier molecular flexibility index (Phi) is 20.2. The van der Waals surface area contributed by atoms with Crippen LogP contribution in [0.3, 0.4) is 0 Å². The molecule has 172 valence electrons. The molecule has 0 aromatic carbocycles. The molecule has 3 heteroatoms. The van der Waals surface area contributed by atoms with Crippen molar-refractivity contribution in [2.24, 2.45) is 4.99 Å². The summed E-state index contributed by atoms with van der Waals surface area (Å²) in [7, 11) is 0. The fraction of sp³-hybridized carbons (Fsp3) is 0.962. The second-order valence-corrected chi connectivity index (χ2v) is 8.98. The zero-order valence-corrected chi connectivity index (χ0v) is 19.8. The maximum atomic E-state index is 5.53. The predicted octanol–water partition coefficient (Wildman–Crippen LogP) is 7.83. The van der Waals surface area contributed by atoms with Gasteiger partial charge in [0.25, 0.3) is 0 Å². The zero-order chi connectivity index (χ0) is 20.7. The van der Waals surface area contributed by atoms with Crippen LogP contribution in [-0.4, -0.2) is 32.1 Å². The molecule has 0 amide bonds. The minimum atomic E-state index is 0.934. The molecule has 3 nitrogen and oxygen atoms in total. The van der Waals surface area contributed by atoms with Crippen LogP contribution >= 0.6 is 0 Å². The first-order valence-corrected chi connectivity index (χ1v) is 13.3. The van der Waals surface area contributed by atoms with Gasteiger partial charge in [0.1, 0.15) is 0 Å². The molecule has 29 heavy (non-hydrogen) atoms. The highest BCUT2D eigenvalue weighted by Crippen LogP contribution is 2.12. The lowest BCUT2D eigenvalue weighted by Gasteiger charge is -2.11. The van der Waals surface area contributed by atoms with Crippen molar-refractivity contribution in [3.63, 3.8) is 0 Å². The molecule has 0 aliphatic carbocycles. The highest BCUT2D eigenvalue weighted by molar-refractivity contribution is 5.82. The summed E-state index contributed by atoms with van der Waals surface area (Å²) in [6, 6.07) is 0. The number of nitrogens with zero attached hydrogens (tertiary/aromatic N) is 1. The first-order chi connectivity index (χ1) is 14.4. The van der Waals surface area contributed by atoms with Crippen LogP contribution in [0.5, 0.6) is 0 Å². The largest absolute Gasteiger partial charge is 0.381 e. The molecule has 0 bridgehead atoms. The molecule has 1 N–H and O–H groups in total. The average Bonchev–Trinajstić information content (AvgIpc) is 2.72. The Labute approximate surface area is 182 Å². The van der Waals surface area contributed by atoms with Crippen LogP contribution in [0.1, 0.15) is 135 Å². The molecule has 0 aromatic rings. The van der Waals surface area contributed by atoms with E-state index in [1.807, 2.05) is 0 Å². The van der Waals surface area contributed by atoms with Crippen molar-refractivity contribution < 1.29 is 4.74 Å². The number of rotatable bonds is 15. The van der Waals surface area contributed by atoms with E-state index in [0.29, 0.717) is 0 Å². The minimum Gasteiger partial charge on any atom is -0.381 e. The third-order valence-corrected chi connectivity index (χ3v) is 6.02. The maximum absolute atomic E-state index is 5.53. The van der Waals surface area contributed by atoms with Crippen LogP contribution in [-0.2, 0) is 4.74 Å². The minimum absolute atomic E-state index is 0.934. The molecule has 1 aliphatic heterocycles. The van der Waals surface area contributed by atoms with Gasteiger partial charge in [-0.05, 0) is 32.1 Å². The zero-order valence-electron chi connectivity index (χ0n) is 19.8. The van der Waals surface area contributed by atoms with E-state index in [1.165, 1.54) is 128 Å². The molecule has 0 atom stereocenters. The van der Waals surface area contributed by atoms with E-state index in [-0.39, 0.29) is 0 Å². The highest BCUT2D eigenvalue weighted by Gasteiger charge is 2.01. The summed E-state index contributed by atoms with van der Waals surface area (Å²) in [6.07, 6.45) is 27.1. The second-order valence-electron chi connectivity index (χ2n) is 8.98. The van der Waals surface area contributed by atoms with E-state index in [1.54, 1.807) is 0 Å². The lowest BCUT2D eigenvalue weighted by molar-refractivity contribution is 0.130. The van der Waals surface area contributed by atoms with E-state index in [0.717, 1.165) is 32.7 Å². The van der Waals surface area contributed by atoms with Gasteiger partial charge in [0.2, 0.25) is 0 Å². The number of hydrogen-bond acceptors (Lipinski definition) is 3. The summed E-state index contributed by atoms with van der Waals surface area (Å²) in [6.45, 7) is 6.24. The molecule has 0 aromatic heterocycles. The van der Waals surface area contributed by atoms with E-state index >= 15 is 0 Å². The SMILES string of the molecule is CCCOCCCCCCCCCCCCNC1=NCCCCCCCCCC1. The summed E-state index contributed by atoms with van der Waals surface area (Å²) in [5.74, 6) is 1.30. The Morgan fingerprint density at radius 3 is 1.86 bits per heavy atom. The van der Waals surface area contributed by atoms with Crippen LogP contribution in [0, 0.1) is 0 Å². The Balaban J connectivity index is 1.88. The number of nitrogens with one attached hydrogen (secondary N) is 1. The second kappa shape index (κ2) is 22.1. The first kappa shape index (κ1) is 26.5. The first-order valence-electron chi connectivity index (χ1n) is 13.3. The molecule has 0 saturated carbocycles. The maximum Gasteiger partial charge on any atom is 0.0963 e. The van der Waals surface area contributed by atoms with Gasteiger partial charge in [-0.3, -0.25) is 4.99 Å². The third-order valence-electron chi connectivity index (χ3n) is 6.02. The van der Waals surface area contributed by atoms with Crippen LogP contribution in [0.4, 0.5) is 0 Å². The molecule has 0 radical (unpaired) electrons. The number of hydrogen-bond donors (Lipinski definition) is 1. The van der Waals surface area contributed by atoms with Gasteiger partial charge in [0, 0.05) is 32.7 Å². The van der Waals surface area contributed by atoms with Crippen molar-refractivity contribution in [2.45, 2.75) is 135 Å². The fourth-order valence-electron chi connectivity index (χ4n) is 4.12. The molecule has 1 heterocycles. The summed E-state index contributed by atoms with van der Waals surface area (Å²) < 4.78 is 5.53. The highest BCUT2D eigenvalue weighted by atomic mass is 16.5. The molecule has 0 unspecified atom stereocenters. The molecule has 0 fully saturated rings. The summed E-state index contributed by atoms with van der Waals surface area (Å²) in [5.41, 5.74) is 0. The number of aliphatic imine (C=N–C) groups is 1. The molecular formula is C26H52N2O. The van der Waals surface area contributed by atoms with Gasteiger partial charge in [-0.15, -0.1) is 0 Å². The Hall–Kier alpha value is -0.570. The van der Waals surface area contributed by atoms with Crippen LogP contribution < -0.4 is 5.32 Å². The van der Waals surface area contributed by atoms with Crippen LogP contribution in [0.15, 0.2) is 4.99 Å². The van der Waals surface area contributed by atoms with Crippen LogP contribution in [0.25, 0.3) is 0 Å². The standard InChI is InChI=1S/C26H52N2O/c1-2-24-29-25-20-16-12-8-4-3-6-10-14-18-22-27-26-21-17-13-9-5-7-11-15-19-23-28-26/h2-25H2,1H3,(H,27,28). The van der Waals surface area contributed by atoms with Crippen molar-refractivity contribution in [3.05, 3.63) is 0 Å². The average molecular weight is 409 g/mol. The van der Waals surface area contributed by atoms with E-state index in [9.17, 15) is 0 Å². The predicted molar refractivity (Wildman–Crippen MR) is 129 cm³/mol. The molecular weight excluding hydrogens is 356 g/mol. The topological polar surface area (TPSA) is 33.6 Å². The molecule has 1 aliphatic rings. The number of unbranched alkanes of at least 4 members (excludes halogenated alkanes) is 9. The van der Waals surface area contributed by atoms with Gasteiger partial charge in [0.05, 0.1) is 5.84 Å². The van der Waals surface area contributed by atoms with E-state index < -0.39 is 0 Å². The Morgan fingerprint density at radius 2 is 1.21 bits per heavy atom. The van der Waals surface area contributed by atoms with Crippen LogP contribution in [0.2, 0.25) is 0 Å². The van der Waals surface area contributed by atoms with Gasteiger partial charge < -0.3 is 10.1 Å². The van der Waals surface area contributed by atoms with Crippen molar-refractivity contribution in [3.8, 4) is 0 Å². The summed E-state index contributed by atoms with van der Waals surface area (Å²) in [4.78, 5) is 4.86. The number of ether oxygens (including phenoxy) is 1. The third kappa shape index (κ3) is 19.2. The van der Waals surface area contributed by atoms with Gasteiger partial charge in [0.15, 0.2) is 0 Å². The Bertz CT molecular complexity index is 357. The summed E-state index contributed by atoms with van der Waals surface area (Å²) >= 11 is 0. The van der Waals surface area contributed by atoms with Gasteiger partial charge in [-0.25, -0.2) is 0 Å².